The molecule has 0 aromatic rings. The normalized spacial score (nSPS) is 34.4. The SMILES string of the molecule is C1CCC([C@H]2CNCCS2)C1. The van der Waals surface area contributed by atoms with Gasteiger partial charge in [0, 0.05) is 24.1 Å². The molecule has 0 bridgehead atoms. The molecule has 1 saturated carbocycles. The first-order chi connectivity index (χ1) is 5.47. The molecule has 1 nitrogen and oxygen atoms in total. The van der Waals surface area contributed by atoms with Gasteiger partial charge >= 0.3 is 0 Å². The highest BCUT2D eigenvalue weighted by Crippen LogP contribution is 2.34. The molecule has 1 heterocycles. The predicted octanol–water partition coefficient (Wildman–Crippen LogP) is 1.88. The first-order valence-electron chi connectivity index (χ1n) is 4.79. The van der Waals surface area contributed by atoms with Crippen LogP contribution in [0.5, 0.6) is 0 Å². The van der Waals surface area contributed by atoms with Crippen molar-refractivity contribution in [1.29, 1.82) is 0 Å². The van der Waals surface area contributed by atoms with Crippen LogP contribution in [0.15, 0.2) is 0 Å². The van der Waals surface area contributed by atoms with Crippen molar-refractivity contribution in [1.82, 2.24) is 5.32 Å². The van der Waals surface area contributed by atoms with Crippen molar-refractivity contribution in [2.75, 3.05) is 18.8 Å². The van der Waals surface area contributed by atoms with E-state index in [0.29, 0.717) is 0 Å². The maximum atomic E-state index is 3.49. The van der Waals surface area contributed by atoms with Gasteiger partial charge in [0.2, 0.25) is 0 Å². The van der Waals surface area contributed by atoms with E-state index in [1.54, 1.807) is 0 Å². The van der Waals surface area contributed by atoms with E-state index in [-0.39, 0.29) is 0 Å². The maximum absolute atomic E-state index is 3.49. The van der Waals surface area contributed by atoms with E-state index in [9.17, 15) is 0 Å². The Labute approximate surface area is 73.3 Å². The molecular weight excluding hydrogens is 154 g/mol. The lowest BCUT2D eigenvalue weighted by Gasteiger charge is -2.27. The predicted molar refractivity (Wildman–Crippen MR) is 51.1 cm³/mol. The zero-order valence-electron chi connectivity index (χ0n) is 7.01. The van der Waals surface area contributed by atoms with Crippen molar-refractivity contribution >= 4 is 11.8 Å². The molecule has 1 N–H and O–H groups in total. The molecule has 0 spiro atoms. The van der Waals surface area contributed by atoms with E-state index >= 15 is 0 Å². The third kappa shape index (κ3) is 1.91. The summed E-state index contributed by atoms with van der Waals surface area (Å²) in [4.78, 5) is 0. The van der Waals surface area contributed by atoms with Crippen LogP contribution in [0.2, 0.25) is 0 Å². The van der Waals surface area contributed by atoms with Crippen molar-refractivity contribution in [3.63, 3.8) is 0 Å². The molecule has 1 saturated heterocycles. The Balaban J connectivity index is 1.82. The Morgan fingerprint density at radius 2 is 2.00 bits per heavy atom. The molecule has 0 aromatic heterocycles. The maximum Gasteiger partial charge on any atom is 0.0201 e. The van der Waals surface area contributed by atoms with Gasteiger partial charge in [0.15, 0.2) is 0 Å². The Bertz CT molecular complexity index is 115. The summed E-state index contributed by atoms with van der Waals surface area (Å²) in [6.45, 7) is 2.50. The fraction of sp³-hybridized carbons (Fsp3) is 1.00. The van der Waals surface area contributed by atoms with Gasteiger partial charge in [0.1, 0.15) is 0 Å². The van der Waals surface area contributed by atoms with Gasteiger partial charge in [0.25, 0.3) is 0 Å². The van der Waals surface area contributed by atoms with Gasteiger partial charge in [0.05, 0.1) is 0 Å². The zero-order valence-corrected chi connectivity index (χ0v) is 7.83. The van der Waals surface area contributed by atoms with Gasteiger partial charge in [-0.25, -0.2) is 0 Å². The lowest BCUT2D eigenvalue weighted by atomic mass is 10.0. The quantitative estimate of drug-likeness (QED) is 0.646. The molecule has 1 atom stereocenters. The Morgan fingerprint density at radius 1 is 1.18 bits per heavy atom. The number of thioether (sulfide) groups is 1. The third-order valence-electron chi connectivity index (χ3n) is 2.88. The summed E-state index contributed by atoms with van der Waals surface area (Å²) in [7, 11) is 0. The minimum Gasteiger partial charge on any atom is -0.315 e. The van der Waals surface area contributed by atoms with Crippen LogP contribution in [0.1, 0.15) is 25.7 Å². The van der Waals surface area contributed by atoms with E-state index in [1.807, 2.05) is 0 Å². The third-order valence-corrected chi connectivity index (χ3v) is 4.30. The molecule has 11 heavy (non-hydrogen) atoms. The Hall–Kier alpha value is 0.310. The number of nitrogens with one attached hydrogen (secondary N) is 1. The topological polar surface area (TPSA) is 12.0 Å². The van der Waals surface area contributed by atoms with Crippen molar-refractivity contribution in [3.8, 4) is 0 Å². The summed E-state index contributed by atoms with van der Waals surface area (Å²) in [5, 5.41) is 4.44. The summed E-state index contributed by atoms with van der Waals surface area (Å²) in [5.41, 5.74) is 0. The summed E-state index contributed by atoms with van der Waals surface area (Å²) in [6, 6.07) is 0. The van der Waals surface area contributed by atoms with Crippen LogP contribution < -0.4 is 5.32 Å². The van der Waals surface area contributed by atoms with Gasteiger partial charge in [-0.1, -0.05) is 12.8 Å². The van der Waals surface area contributed by atoms with Crippen LogP contribution in [0, 0.1) is 5.92 Å². The smallest absolute Gasteiger partial charge is 0.0201 e. The average Bonchev–Trinajstić information content (AvgIpc) is 2.58. The highest BCUT2D eigenvalue weighted by molar-refractivity contribution is 8.00. The molecule has 2 aliphatic rings. The number of hydrogen-bond donors (Lipinski definition) is 1. The molecule has 0 amide bonds. The number of rotatable bonds is 1. The van der Waals surface area contributed by atoms with E-state index < -0.39 is 0 Å². The largest absolute Gasteiger partial charge is 0.315 e. The standard InChI is InChI=1S/C9H17NS/c1-2-4-8(3-1)9-7-10-5-6-11-9/h8-10H,1-7H2/t9-/m1/s1. The molecule has 1 aliphatic carbocycles. The first kappa shape index (κ1) is 7.93. The lowest BCUT2D eigenvalue weighted by Crippen LogP contribution is -2.36. The Morgan fingerprint density at radius 3 is 2.64 bits per heavy atom. The van der Waals surface area contributed by atoms with Crippen LogP contribution in [-0.4, -0.2) is 24.1 Å². The van der Waals surface area contributed by atoms with Crippen LogP contribution in [-0.2, 0) is 0 Å². The molecule has 2 rings (SSSR count). The summed E-state index contributed by atoms with van der Waals surface area (Å²) in [6.07, 6.45) is 5.97. The van der Waals surface area contributed by atoms with E-state index in [4.69, 9.17) is 0 Å². The van der Waals surface area contributed by atoms with Crippen molar-refractivity contribution < 1.29 is 0 Å². The molecular formula is C9H17NS. The second kappa shape index (κ2) is 3.81. The monoisotopic (exact) mass is 171 g/mol. The second-order valence-corrected chi connectivity index (χ2v) is 5.00. The van der Waals surface area contributed by atoms with E-state index in [1.165, 1.54) is 44.5 Å². The van der Waals surface area contributed by atoms with Crippen LogP contribution >= 0.6 is 11.8 Å². The fourth-order valence-corrected chi connectivity index (χ4v) is 3.56. The highest BCUT2D eigenvalue weighted by atomic mass is 32.2. The molecule has 2 heteroatoms. The lowest BCUT2D eigenvalue weighted by molar-refractivity contribution is 0.488. The fourth-order valence-electron chi connectivity index (χ4n) is 2.22. The van der Waals surface area contributed by atoms with Crippen LogP contribution in [0.4, 0.5) is 0 Å². The molecule has 2 fully saturated rings. The minimum absolute atomic E-state index is 0.950. The highest BCUT2D eigenvalue weighted by Gasteiger charge is 2.26. The summed E-state index contributed by atoms with van der Waals surface area (Å²) < 4.78 is 0. The summed E-state index contributed by atoms with van der Waals surface area (Å²) >= 11 is 2.20. The van der Waals surface area contributed by atoms with E-state index in [2.05, 4.69) is 17.1 Å². The number of hydrogen-bond acceptors (Lipinski definition) is 2. The van der Waals surface area contributed by atoms with Crippen LogP contribution in [0.25, 0.3) is 0 Å². The molecule has 64 valence electrons. The Kier molecular flexibility index (Phi) is 2.75. The van der Waals surface area contributed by atoms with Gasteiger partial charge in [-0.2, -0.15) is 11.8 Å². The van der Waals surface area contributed by atoms with Crippen molar-refractivity contribution in [2.45, 2.75) is 30.9 Å². The van der Waals surface area contributed by atoms with Crippen molar-refractivity contribution in [2.24, 2.45) is 5.92 Å². The molecule has 0 unspecified atom stereocenters. The van der Waals surface area contributed by atoms with Crippen LogP contribution in [0.3, 0.4) is 0 Å². The van der Waals surface area contributed by atoms with Gasteiger partial charge < -0.3 is 5.32 Å². The van der Waals surface area contributed by atoms with Gasteiger partial charge in [-0.15, -0.1) is 0 Å². The zero-order chi connectivity index (χ0) is 7.52. The van der Waals surface area contributed by atoms with E-state index in [0.717, 1.165) is 11.2 Å². The van der Waals surface area contributed by atoms with Gasteiger partial charge in [-0.3, -0.25) is 0 Å². The summed E-state index contributed by atoms with van der Waals surface area (Å²) in [5.74, 6) is 2.38. The minimum atomic E-state index is 0.950. The van der Waals surface area contributed by atoms with Gasteiger partial charge in [-0.05, 0) is 18.8 Å². The average molecular weight is 171 g/mol. The molecule has 0 aromatic carbocycles. The van der Waals surface area contributed by atoms with Crippen molar-refractivity contribution in [3.05, 3.63) is 0 Å². The first-order valence-corrected chi connectivity index (χ1v) is 5.84. The molecule has 0 radical (unpaired) electrons. The molecule has 1 aliphatic heterocycles. The second-order valence-electron chi connectivity index (χ2n) is 3.66.